The van der Waals surface area contributed by atoms with E-state index < -0.39 is 0 Å². The molecule has 6 nitrogen and oxygen atoms in total. The van der Waals surface area contributed by atoms with Crippen molar-refractivity contribution in [2.24, 2.45) is 0 Å². The molecule has 0 aliphatic heterocycles. The highest BCUT2D eigenvalue weighted by Gasteiger charge is 2.14. The van der Waals surface area contributed by atoms with E-state index in [4.69, 9.17) is 27.9 Å². The van der Waals surface area contributed by atoms with Crippen LogP contribution in [-0.4, -0.2) is 22.0 Å². The van der Waals surface area contributed by atoms with Crippen LogP contribution in [0, 0.1) is 0 Å². The van der Waals surface area contributed by atoms with Crippen molar-refractivity contribution in [2.75, 3.05) is 18.7 Å². The minimum Gasteiger partial charge on any atom is -0.496 e. The minimum absolute atomic E-state index is 0.131. The number of halogens is 1. The van der Waals surface area contributed by atoms with Gasteiger partial charge in [0.15, 0.2) is 5.82 Å². The molecule has 1 aromatic carbocycles. The predicted molar refractivity (Wildman–Crippen MR) is 61.6 cm³/mol. The van der Waals surface area contributed by atoms with Crippen molar-refractivity contribution in [1.82, 2.24) is 14.9 Å². The third-order valence-electron chi connectivity index (χ3n) is 2.13. The fourth-order valence-corrected chi connectivity index (χ4v) is 1.50. The Morgan fingerprint density at radius 3 is 2.69 bits per heavy atom. The lowest BCUT2D eigenvalue weighted by atomic mass is 10.2. The summed E-state index contributed by atoms with van der Waals surface area (Å²) < 4.78 is 6.37. The zero-order chi connectivity index (χ0) is 11.7. The molecule has 0 spiro atoms. The number of rotatable bonds is 2. The minimum atomic E-state index is 0.131. The van der Waals surface area contributed by atoms with E-state index >= 15 is 0 Å². The SMILES string of the molecule is COc1cc(Cl)ccc1-c1nnc(N)n1N. The maximum absolute atomic E-state index is 5.85. The van der Waals surface area contributed by atoms with E-state index in [2.05, 4.69) is 10.2 Å². The van der Waals surface area contributed by atoms with Gasteiger partial charge in [0.05, 0.1) is 12.7 Å². The quantitative estimate of drug-likeness (QED) is 0.760. The summed E-state index contributed by atoms with van der Waals surface area (Å²) in [5, 5.41) is 8.10. The standard InChI is InChI=1S/C9H10ClN5O/c1-16-7-4-5(10)2-3-6(7)8-13-14-9(11)15(8)12/h2-4H,12H2,1H3,(H2,11,14). The summed E-state index contributed by atoms with van der Waals surface area (Å²) >= 11 is 5.85. The molecular weight excluding hydrogens is 230 g/mol. The lowest BCUT2D eigenvalue weighted by Gasteiger charge is -2.07. The zero-order valence-corrected chi connectivity index (χ0v) is 9.27. The summed E-state index contributed by atoms with van der Waals surface area (Å²) in [4.78, 5) is 0. The average Bonchev–Trinajstić information content (AvgIpc) is 2.60. The van der Waals surface area contributed by atoms with Crippen LogP contribution in [0.15, 0.2) is 18.2 Å². The molecule has 4 N–H and O–H groups in total. The van der Waals surface area contributed by atoms with E-state index in [0.29, 0.717) is 22.2 Å². The number of hydrogen-bond donors (Lipinski definition) is 2. The molecule has 84 valence electrons. The molecule has 0 unspecified atom stereocenters. The number of benzene rings is 1. The molecule has 0 radical (unpaired) electrons. The van der Waals surface area contributed by atoms with E-state index in [1.165, 1.54) is 11.8 Å². The highest BCUT2D eigenvalue weighted by molar-refractivity contribution is 6.30. The largest absolute Gasteiger partial charge is 0.496 e. The van der Waals surface area contributed by atoms with Gasteiger partial charge in [0.1, 0.15) is 5.75 Å². The molecule has 0 atom stereocenters. The first-order chi connectivity index (χ1) is 7.63. The average molecular weight is 240 g/mol. The van der Waals surface area contributed by atoms with E-state index in [0.717, 1.165) is 0 Å². The molecule has 1 heterocycles. The van der Waals surface area contributed by atoms with Crippen LogP contribution in [0.2, 0.25) is 5.02 Å². The molecule has 0 aliphatic carbocycles. The Morgan fingerprint density at radius 1 is 1.38 bits per heavy atom. The van der Waals surface area contributed by atoms with Gasteiger partial charge in [0.25, 0.3) is 0 Å². The number of ether oxygens (including phenoxy) is 1. The second kappa shape index (κ2) is 3.90. The Morgan fingerprint density at radius 2 is 2.12 bits per heavy atom. The molecule has 2 rings (SSSR count). The summed E-state index contributed by atoms with van der Waals surface area (Å²) in [5.74, 6) is 6.79. The first kappa shape index (κ1) is 10.6. The van der Waals surface area contributed by atoms with Gasteiger partial charge in [-0.15, -0.1) is 10.2 Å². The topological polar surface area (TPSA) is 92.0 Å². The second-order valence-electron chi connectivity index (χ2n) is 3.10. The Kier molecular flexibility index (Phi) is 2.57. The van der Waals surface area contributed by atoms with Crippen LogP contribution in [0.5, 0.6) is 5.75 Å². The van der Waals surface area contributed by atoms with Crippen LogP contribution in [0.3, 0.4) is 0 Å². The number of nitrogen functional groups attached to an aromatic ring is 2. The zero-order valence-electron chi connectivity index (χ0n) is 8.51. The second-order valence-corrected chi connectivity index (χ2v) is 3.53. The third kappa shape index (κ3) is 1.63. The molecule has 2 aromatic rings. The van der Waals surface area contributed by atoms with Crippen LogP contribution in [0.25, 0.3) is 11.4 Å². The van der Waals surface area contributed by atoms with Crippen molar-refractivity contribution in [1.29, 1.82) is 0 Å². The van der Waals surface area contributed by atoms with E-state index in [-0.39, 0.29) is 5.95 Å². The molecule has 0 saturated heterocycles. The Labute approximate surface area is 96.7 Å². The summed E-state index contributed by atoms with van der Waals surface area (Å²) in [6.07, 6.45) is 0. The van der Waals surface area contributed by atoms with Gasteiger partial charge in [-0.25, -0.2) is 4.68 Å². The van der Waals surface area contributed by atoms with Crippen molar-refractivity contribution in [3.63, 3.8) is 0 Å². The van der Waals surface area contributed by atoms with E-state index in [9.17, 15) is 0 Å². The first-order valence-electron chi connectivity index (χ1n) is 4.43. The molecule has 0 amide bonds. The molecule has 7 heteroatoms. The number of nitrogens with two attached hydrogens (primary N) is 2. The van der Waals surface area contributed by atoms with Gasteiger partial charge in [-0.3, -0.25) is 0 Å². The van der Waals surface area contributed by atoms with Crippen molar-refractivity contribution in [2.45, 2.75) is 0 Å². The van der Waals surface area contributed by atoms with Gasteiger partial charge in [0.2, 0.25) is 5.95 Å². The molecule has 0 saturated carbocycles. The number of nitrogens with zero attached hydrogens (tertiary/aromatic N) is 3. The van der Waals surface area contributed by atoms with Crippen molar-refractivity contribution in [3.05, 3.63) is 23.2 Å². The van der Waals surface area contributed by atoms with Gasteiger partial charge in [0, 0.05) is 5.02 Å². The number of anilines is 1. The van der Waals surface area contributed by atoms with Crippen LogP contribution in [-0.2, 0) is 0 Å². The molecule has 0 fully saturated rings. The lowest BCUT2D eigenvalue weighted by molar-refractivity contribution is 0.416. The predicted octanol–water partition coefficient (Wildman–Crippen LogP) is 0.903. The maximum Gasteiger partial charge on any atom is 0.241 e. The van der Waals surface area contributed by atoms with Crippen LogP contribution in [0.4, 0.5) is 5.95 Å². The smallest absolute Gasteiger partial charge is 0.241 e. The van der Waals surface area contributed by atoms with Crippen molar-refractivity contribution in [3.8, 4) is 17.1 Å². The molecule has 0 bridgehead atoms. The van der Waals surface area contributed by atoms with E-state index in [1.807, 2.05) is 0 Å². The van der Waals surface area contributed by atoms with Gasteiger partial charge in [-0.1, -0.05) is 11.6 Å². The molecular formula is C9H10ClN5O. The molecule has 16 heavy (non-hydrogen) atoms. The van der Waals surface area contributed by atoms with Crippen LogP contribution < -0.4 is 16.3 Å². The van der Waals surface area contributed by atoms with Crippen molar-refractivity contribution < 1.29 is 4.74 Å². The number of aromatic nitrogens is 3. The van der Waals surface area contributed by atoms with E-state index in [1.54, 1.807) is 18.2 Å². The first-order valence-corrected chi connectivity index (χ1v) is 4.81. The Hall–Kier alpha value is -1.95. The Bertz CT molecular complexity index is 525. The summed E-state index contributed by atoms with van der Waals surface area (Å²) in [5.41, 5.74) is 6.18. The van der Waals surface area contributed by atoms with Crippen molar-refractivity contribution >= 4 is 17.5 Å². The summed E-state index contributed by atoms with van der Waals surface area (Å²) in [6, 6.07) is 5.13. The van der Waals surface area contributed by atoms with Crippen LogP contribution >= 0.6 is 11.6 Å². The monoisotopic (exact) mass is 239 g/mol. The normalized spacial score (nSPS) is 10.4. The highest BCUT2D eigenvalue weighted by Crippen LogP contribution is 2.30. The Balaban J connectivity index is 2.59. The fourth-order valence-electron chi connectivity index (χ4n) is 1.34. The third-order valence-corrected chi connectivity index (χ3v) is 2.36. The van der Waals surface area contributed by atoms with Gasteiger partial charge >= 0.3 is 0 Å². The van der Waals surface area contributed by atoms with Gasteiger partial charge in [-0.2, -0.15) is 0 Å². The van der Waals surface area contributed by atoms with Crippen LogP contribution in [0.1, 0.15) is 0 Å². The van der Waals surface area contributed by atoms with Gasteiger partial charge < -0.3 is 16.3 Å². The highest BCUT2D eigenvalue weighted by atomic mass is 35.5. The van der Waals surface area contributed by atoms with Gasteiger partial charge in [-0.05, 0) is 18.2 Å². The fraction of sp³-hybridized carbons (Fsp3) is 0.111. The molecule has 0 aliphatic rings. The number of methoxy groups -OCH3 is 1. The number of hydrogen-bond acceptors (Lipinski definition) is 5. The molecule has 1 aromatic heterocycles. The lowest BCUT2D eigenvalue weighted by Crippen LogP contribution is -2.13. The summed E-state index contributed by atoms with van der Waals surface area (Å²) in [7, 11) is 1.54. The maximum atomic E-state index is 5.85. The summed E-state index contributed by atoms with van der Waals surface area (Å²) in [6.45, 7) is 0.